The van der Waals surface area contributed by atoms with Crippen molar-refractivity contribution in [2.75, 3.05) is 6.61 Å². The van der Waals surface area contributed by atoms with E-state index in [-0.39, 0.29) is 5.92 Å². The van der Waals surface area contributed by atoms with Crippen LogP contribution in [0.5, 0.6) is 0 Å². The molecule has 0 spiro atoms. The molecule has 0 aliphatic carbocycles. The highest BCUT2D eigenvalue weighted by Crippen LogP contribution is 2.17. The molecular formula is C14H19IO3. The number of carboxylic acid groups (broad SMARTS) is 1. The summed E-state index contributed by atoms with van der Waals surface area (Å²) in [6.07, 6.45) is 2.94. The van der Waals surface area contributed by atoms with E-state index in [0.29, 0.717) is 6.61 Å². The quantitative estimate of drug-likeness (QED) is 0.580. The van der Waals surface area contributed by atoms with E-state index in [2.05, 4.69) is 53.8 Å². The van der Waals surface area contributed by atoms with Crippen LogP contribution < -0.4 is 0 Å². The second-order valence-corrected chi connectivity index (χ2v) is 5.66. The minimum Gasteiger partial charge on any atom is -0.450 e. The molecule has 0 heterocycles. The van der Waals surface area contributed by atoms with Crippen molar-refractivity contribution >= 4 is 28.7 Å². The summed E-state index contributed by atoms with van der Waals surface area (Å²) < 4.78 is 5.92. The summed E-state index contributed by atoms with van der Waals surface area (Å²) >= 11 is 2.28. The van der Waals surface area contributed by atoms with Crippen molar-refractivity contribution in [2.45, 2.75) is 32.6 Å². The van der Waals surface area contributed by atoms with Gasteiger partial charge in [0.25, 0.3) is 0 Å². The van der Waals surface area contributed by atoms with Crippen molar-refractivity contribution in [1.29, 1.82) is 0 Å². The molecule has 0 saturated carbocycles. The zero-order valence-corrected chi connectivity index (χ0v) is 12.7. The largest absolute Gasteiger partial charge is 0.505 e. The van der Waals surface area contributed by atoms with Crippen LogP contribution in [0.25, 0.3) is 0 Å². The molecular weight excluding hydrogens is 343 g/mol. The Bertz CT molecular complexity index is 362. The maximum Gasteiger partial charge on any atom is 0.505 e. The highest BCUT2D eigenvalue weighted by molar-refractivity contribution is 14.1. The van der Waals surface area contributed by atoms with Crippen LogP contribution in [0.3, 0.4) is 0 Å². The summed E-state index contributed by atoms with van der Waals surface area (Å²) in [6.45, 7) is 2.43. The summed E-state index contributed by atoms with van der Waals surface area (Å²) in [5.41, 5.74) is 1.24. The maximum absolute atomic E-state index is 10.5. The van der Waals surface area contributed by atoms with Gasteiger partial charge in [-0.05, 0) is 59.0 Å². The van der Waals surface area contributed by atoms with Crippen molar-refractivity contribution in [3.05, 3.63) is 33.4 Å². The zero-order chi connectivity index (χ0) is 13.4. The van der Waals surface area contributed by atoms with Gasteiger partial charge in [-0.25, -0.2) is 4.79 Å². The molecule has 0 aliphatic rings. The lowest BCUT2D eigenvalue weighted by Gasteiger charge is -2.15. The third-order valence-corrected chi connectivity index (χ3v) is 3.57. The first-order chi connectivity index (χ1) is 8.61. The first kappa shape index (κ1) is 15.3. The number of rotatable bonds is 7. The molecule has 3 nitrogen and oxygen atoms in total. The molecule has 100 valence electrons. The van der Waals surface area contributed by atoms with Crippen molar-refractivity contribution < 1.29 is 14.6 Å². The van der Waals surface area contributed by atoms with Crippen LogP contribution in [0.15, 0.2) is 24.3 Å². The van der Waals surface area contributed by atoms with E-state index in [1.807, 2.05) is 0 Å². The molecule has 4 heteroatoms. The minimum atomic E-state index is -1.18. The van der Waals surface area contributed by atoms with E-state index in [1.165, 1.54) is 9.13 Å². The Balaban J connectivity index is 2.53. The van der Waals surface area contributed by atoms with Gasteiger partial charge in [0.1, 0.15) is 0 Å². The predicted octanol–water partition coefficient (Wildman–Crippen LogP) is 4.33. The SMILES string of the molecule is CCCCC(COC(=O)O)Cc1ccc(I)cc1. The van der Waals surface area contributed by atoms with Gasteiger partial charge in [0.05, 0.1) is 6.61 Å². The lowest BCUT2D eigenvalue weighted by atomic mass is 9.95. The molecule has 0 saturated heterocycles. The second kappa shape index (κ2) is 8.34. The molecule has 1 atom stereocenters. The molecule has 1 rings (SSSR count). The van der Waals surface area contributed by atoms with Gasteiger partial charge < -0.3 is 9.84 Å². The molecule has 0 fully saturated rings. The van der Waals surface area contributed by atoms with Crippen LogP contribution in [-0.4, -0.2) is 17.9 Å². The third kappa shape index (κ3) is 6.23. The normalized spacial score (nSPS) is 12.1. The molecule has 1 N–H and O–H groups in total. The Morgan fingerprint density at radius 2 is 2.06 bits per heavy atom. The molecule has 0 radical (unpaired) electrons. The molecule has 0 aromatic heterocycles. The van der Waals surface area contributed by atoms with E-state index >= 15 is 0 Å². The number of halogens is 1. The van der Waals surface area contributed by atoms with Crippen LogP contribution in [-0.2, 0) is 11.2 Å². The average molecular weight is 362 g/mol. The smallest absolute Gasteiger partial charge is 0.450 e. The Hall–Kier alpha value is -0.780. The first-order valence-corrected chi connectivity index (χ1v) is 7.30. The highest BCUT2D eigenvalue weighted by Gasteiger charge is 2.12. The Morgan fingerprint density at radius 3 is 2.61 bits per heavy atom. The Kier molecular flexibility index (Phi) is 7.08. The standard InChI is InChI=1S/C14H19IO3/c1-2-3-4-12(10-18-14(16)17)9-11-5-7-13(15)8-6-11/h5-8,12H,2-4,9-10H2,1H3,(H,16,17). The summed E-state index contributed by atoms with van der Waals surface area (Å²) in [5, 5.41) is 8.57. The maximum atomic E-state index is 10.5. The average Bonchev–Trinajstić information content (AvgIpc) is 2.35. The van der Waals surface area contributed by atoms with E-state index in [9.17, 15) is 4.79 Å². The number of carbonyl (C=O) groups is 1. The predicted molar refractivity (Wildman–Crippen MR) is 79.9 cm³/mol. The van der Waals surface area contributed by atoms with Crippen LogP contribution in [0.2, 0.25) is 0 Å². The minimum absolute atomic E-state index is 0.279. The Morgan fingerprint density at radius 1 is 1.39 bits per heavy atom. The fourth-order valence-corrected chi connectivity index (χ4v) is 2.24. The van der Waals surface area contributed by atoms with Crippen molar-refractivity contribution in [2.24, 2.45) is 5.92 Å². The molecule has 0 bridgehead atoms. The third-order valence-electron chi connectivity index (χ3n) is 2.85. The van der Waals surface area contributed by atoms with Gasteiger partial charge in [-0.1, -0.05) is 31.9 Å². The van der Waals surface area contributed by atoms with Gasteiger partial charge in [0, 0.05) is 3.57 Å². The number of ether oxygens (including phenoxy) is 1. The topological polar surface area (TPSA) is 46.5 Å². The Labute approximate surface area is 122 Å². The summed E-state index contributed by atoms with van der Waals surface area (Å²) in [5.74, 6) is 0.279. The fourth-order valence-electron chi connectivity index (χ4n) is 1.88. The number of benzene rings is 1. The van der Waals surface area contributed by atoms with Crippen LogP contribution in [0.1, 0.15) is 31.7 Å². The molecule has 1 aromatic carbocycles. The molecule has 0 aliphatic heterocycles. The van der Waals surface area contributed by atoms with Crippen molar-refractivity contribution in [1.82, 2.24) is 0 Å². The molecule has 18 heavy (non-hydrogen) atoms. The lowest BCUT2D eigenvalue weighted by Crippen LogP contribution is -2.15. The van der Waals surface area contributed by atoms with Crippen LogP contribution >= 0.6 is 22.6 Å². The van der Waals surface area contributed by atoms with Gasteiger partial charge in [0.15, 0.2) is 0 Å². The van der Waals surface area contributed by atoms with E-state index in [1.54, 1.807) is 0 Å². The van der Waals surface area contributed by atoms with Crippen LogP contribution in [0, 0.1) is 9.49 Å². The van der Waals surface area contributed by atoms with Gasteiger partial charge in [-0.3, -0.25) is 0 Å². The van der Waals surface area contributed by atoms with E-state index in [4.69, 9.17) is 9.84 Å². The van der Waals surface area contributed by atoms with Crippen molar-refractivity contribution in [3.63, 3.8) is 0 Å². The number of unbranched alkanes of at least 4 members (excludes halogenated alkanes) is 1. The van der Waals surface area contributed by atoms with Gasteiger partial charge >= 0.3 is 6.16 Å². The van der Waals surface area contributed by atoms with E-state index < -0.39 is 6.16 Å². The summed E-state index contributed by atoms with van der Waals surface area (Å²) in [6, 6.07) is 8.35. The highest BCUT2D eigenvalue weighted by atomic mass is 127. The molecule has 0 amide bonds. The molecule has 1 unspecified atom stereocenters. The first-order valence-electron chi connectivity index (χ1n) is 6.22. The number of hydrogen-bond acceptors (Lipinski definition) is 2. The van der Waals surface area contributed by atoms with Gasteiger partial charge in [-0.15, -0.1) is 0 Å². The lowest BCUT2D eigenvalue weighted by molar-refractivity contribution is 0.0750. The van der Waals surface area contributed by atoms with Crippen molar-refractivity contribution in [3.8, 4) is 0 Å². The fraction of sp³-hybridized carbons (Fsp3) is 0.500. The number of hydrogen-bond donors (Lipinski definition) is 1. The monoisotopic (exact) mass is 362 g/mol. The summed E-state index contributed by atoms with van der Waals surface area (Å²) in [4.78, 5) is 10.5. The van der Waals surface area contributed by atoms with Crippen LogP contribution in [0.4, 0.5) is 4.79 Å². The molecule has 1 aromatic rings. The van der Waals surface area contributed by atoms with Gasteiger partial charge in [-0.2, -0.15) is 0 Å². The summed E-state index contributed by atoms with van der Waals surface area (Å²) in [7, 11) is 0. The van der Waals surface area contributed by atoms with Gasteiger partial charge in [0.2, 0.25) is 0 Å². The van der Waals surface area contributed by atoms with E-state index in [0.717, 1.165) is 25.7 Å². The zero-order valence-electron chi connectivity index (χ0n) is 10.6. The second-order valence-electron chi connectivity index (χ2n) is 4.42.